The van der Waals surface area contributed by atoms with E-state index in [2.05, 4.69) is 35.9 Å². The van der Waals surface area contributed by atoms with Gasteiger partial charge >= 0.3 is 0 Å². The van der Waals surface area contributed by atoms with Gasteiger partial charge in [-0.1, -0.05) is 32.0 Å². The van der Waals surface area contributed by atoms with Crippen molar-refractivity contribution in [1.29, 1.82) is 0 Å². The quantitative estimate of drug-likeness (QED) is 0.606. The fourth-order valence-corrected chi connectivity index (χ4v) is 2.79. The number of methoxy groups -OCH3 is 1. The minimum Gasteiger partial charge on any atom is -0.375 e. The van der Waals surface area contributed by atoms with Crippen molar-refractivity contribution in [2.24, 2.45) is 0 Å². The van der Waals surface area contributed by atoms with Crippen molar-refractivity contribution in [2.75, 3.05) is 29.7 Å². The van der Waals surface area contributed by atoms with Crippen LogP contribution in [-0.4, -0.2) is 31.6 Å². The van der Waals surface area contributed by atoms with Crippen molar-refractivity contribution < 1.29 is 14.3 Å². The summed E-state index contributed by atoms with van der Waals surface area (Å²) in [5, 5.41) is 8.94. The summed E-state index contributed by atoms with van der Waals surface area (Å²) in [7, 11) is 1.47. The van der Waals surface area contributed by atoms with E-state index in [0.29, 0.717) is 11.6 Å². The van der Waals surface area contributed by atoms with Crippen LogP contribution < -0.4 is 16.0 Å². The van der Waals surface area contributed by atoms with Crippen molar-refractivity contribution >= 4 is 28.9 Å². The molecule has 0 heterocycles. The first-order chi connectivity index (χ1) is 13.4. The molecular weight excluding hydrogens is 354 g/mol. The Bertz CT molecular complexity index is 790. The Balaban J connectivity index is 1.97. The number of amides is 2. The standard InChI is InChI=1S/C22H29N3O3/c1-5-15(2)19-8-6-7-9-20(19)25-22(27)16(3)23-17-10-12-18(13-11-17)24-21(26)14-28-4/h6-13,15-16,23H,5,14H2,1-4H3,(H,24,26)(H,25,27). The zero-order valence-electron chi connectivity index (χ0n) is 16.9. The van der Waals surface area contributed by atoms with Gasteiger partial charge in [0, 0.05) is 24.2 Å². The largest absolute Gasteiger partial charge is 0.375 e. The molecule has 0 bridgehead atoms. The summed E-state index contributed by atoms with van der Waals surface area (Å²) in [4.78, 5) is 24.2. The SMILES string of the molecule is CCC(C)c1ccccc1NC(=O)C(C)Nc1ccc(NC(=O)COC)cc1. The second-order valence-corrected chi connectivity index (χ2v) is 6.81. The van der Waals surface area contributed by atoms with E-state index in [-0.39, 0.29) is 18.4 Å². The molecule has 0 radical (unpaired) electrons. The molecule has 0 spiro atoms. The molecule has 6 nitrogen and oxygen atoms in total. The molecule has 6 heteroatoms. The van der Waals surface area contributed by atoms with Gasteiger partial charge in [0.25, 0.3) is 0 Å². The van der Waals surface area contributed by atoms with Gasteiger partial charge in [-0.25, -0.2) is 0 Å². The van der Waals surface area contributed by atoms with E-state index in [9.17, 15) is 9.59 Å². The van der Waals surface area contributed by atoms with E-state index in [4.69, 9.17) is 4.74 Å². The number of rotatable bonds is 9. The maximum Gasteiger partial charge on any atom is 0.250 e. The number of para-hydroxylation sites is 1. The zero-order valence-corrected chi connectivity index (χ0v) is 16.9. The highest BCUT2D eigenvalue weighted by Gasteiger charge is 2.16. The minimum absolute atomic E-state index is 0.00926. The van der Waals surface area contributed by atoms with Gasteiger partial charge < -0.3 is 20.7 Å². The maximum atomic E-state index is 12.6. The molecule has 0 aliphatic rings. The Kier molecular flexibility index (Phi) is 8.02. The van der Waals surface area contributed by atoms with E-state index < -0.39 is 6.04 Å². The Morgan fingerprint density at radius 3 is 2.25 bits per heavy atom. The molecule has 2 aromatic carbocycles. The maximum absolute atomic E-state index is 12.6. The Labute approximate surface area is 166 Å². The van der Waals surface area contributed by atoms with Crippen molar-refractivity contribution in [2.45, 2.75) is 39.2 Å². The van der Waals surface area contributed by atoms with Crippen LogP contribution in [0.4, 0.5) is 17.1 Å². The van der Waals surface area contributed by atoms with Gasteiger partial charge in [0.1, 0.15) is 12.6 Å². The van der Waals surface area contributed by atoms with E-state index in [1.165, 1.54) is 7.11 Å². The molecule has 2 rings (SSSR count). The summed E-state index contributed by atoms with van der Waals surface area (Å²) in [5.41, 5.74) is 3.46. The third-order valence-corrected chi connectivity index (χ3v) is 4.58. The van der Waals surface area contributed by atoms with Crippen LogP contribution in [0.25, 0.3) is 0 Å². The molecule has 28 heavy (non-hydrogen) atoms. The number of carbonyl (C=O) groups excluding carboxylic acids is 2. The van der Waals surface area contributed by atoms with Gasteiger partial charge in [-0.15, -0.1) is 0 Å². The smallest absolute Gasteiger partial charge is 0.250 e. The first kappa shape index (κ1) is 21.4. The second-order valence-electron chi connectivity index (χ2n) is 6.81. The van der Waals surface area contributed by atoms with Crippen LogP contribution in [0.15, 0.2) is 48.5 Å². The highest BCUT2D eigenvalue weighted by atomic mass is 16.5. The molecule has 0 aliphatic carbocycles. The molecular formula is C22H29N3O3. The van der Waals surface area contributed by atoms with Crippen LogP contribution in [0.1, 0.15) is 38.7 Å². The number of ether oxygens (including phenoxy) is 1. The average Bonchev–Trinajstić information content (AvgIpc) is 2.69. The highest BCUT2D eigenvalue weighted by Crippen LogP contribution is 2.26. The third-order valence-electron chi connectivity index (χ3n) is 4.58. The molecule has 0 fully saturated rings. The number of hydrogen-bond donors (Lipinski definition) is 3. The predicted molar refractivity (Wildman–Crippen MR) is 114 cm³/mol. The lowest BCUT2D eigenvalue weighted by Crippen LogP contribution is -2.32. The van der Waals surface area contributed by atoms with E-state index >= 15 is 0 Å². The van der Waals surface area contributed by atoms with Crippen LogP contribution in [0.3, 0.4) is 0 Å². The molecule has 2 aromatic rings. The van der Waals surface area contributed by atoms with Crippen molar-refractivity contribution in [1.82, 2.24) is 0 Å². The second kappa shape index (κ2) is 10.5. The van der Waals surface area contributed by atoms with E-state index in [1.807, 2.05) is 37.3 Å². The predicted octanol–water partition coefficient (Wildman–Crippen LogP) is 4.22. The van der Waals surface area contributed by atoms with E-state index in [0.717, 1.165) is 23.4 Å². The molecule has 2 atom stereocenters. The average molecular weight is 383 g/mol. The fourth-order valence-electron chi connectivity index (χ4n) is 2.79. The van der Waals surface area contributed by atoms with Crippen LogP contribution in [0.2, 0.25) is 0 Å². The van der Waals surface area contributed by atoms with Crippen molar-refractivity contribution in [3.63, 3.8) is 0 Å². The third kappa shape index (κ3) is 6.09. The normalized spacial score (nSPS) is 12.7. The van der Waals surface area contributed by atoms with Crippen LogP contribution in [-0.2, 0) is 14.3 Å². The van der Waals surface area contributed by atoms with Gasteiger partial charge in [-0.2, -0.15) is 0 Å². The monoisotopic (exact) mass is 383 g/mol. The molecule has 0 aromatic heterocycles. The van der Waals surface area contributed by atoms with Crippen LogP contribution in [0.5, 0.6) is 0 Å². The Morgan fingerprint density at radius 1 is 0.964 bits per heavy atom. The van der Waals surface area contributed by atoms with E-state index in [1.54, 1.807) is 12.1 Å². The molecule has 0 aliphatic heterocycles. The lowest BCUT2D eigenvalue weighted by Gasteiger charge is -2.19. The van der Waals surface area contributed by atoms with Crippen molar-refractivity contribution in [3.8, 4) is 0 Å². The zero-order chi connectivity index (χ0) is 20.5. The van der Waals surface area contributed by atoms with Gasteiger partial charge in [0.15, 0.2) is 0 Å². The van der Waals surface area contributed by atoms with Gasteiger partial charge in [-0.05, 0) is 55.2 Å². The molecule has 0 saturated carbocycles. The first-order valence-electron chi connectivity index (χ1n) is 9.49. The molecule has 150 valence electrons. The van der Waals surface area contributed by atoms with Crippen molar-refractivity contribution in [3.05, 3.63) is 54.1 Å². The molecule has 0 saturated heterocycles. The number of benzene rings is 2. The number of anilines is 3. The summed E-state index contributed by atoms with van der Waals surface area (Å²) in [6.45, 7) is 6.11. The number of hydrogen-bond acceptors (Lipinski definition) is 4. The highest BCUT2D eigenvalue weighted by molar-refractivity contribution is 5.97. The molecule has 2 unspecified atom stereocenters. The lowest BCUT2D eigenvalue weighted by molar-refractivity contribution is -0.119. The summed E-state index contributed by atoms with van der Waals surface area (Å²) in [5.74, 6) is 0.0600. The van der Waals surface area contributed by atoms with Gasteiger partial charge in [0.2, 0.25) is 11.8 Å². The Morgan fingerprint density at radius 2 is 1.61 bits per heavy atom. The summed E-state index contributed by atoms with van der Waals surface area (Å²) in [6.07, 6.45) is 1.01. The summed E-state index contributed by atoms with van der Waals surface area (Å²) in [6, 6.07) is 14.7. The lowest BCUT2D eigenvalue weighted by atomic mass is 9.97. The van der Waals surface area contributed by atoms with Crippen LogP contribution >= 0.6 is 0 Å². The fraction of sp³-hybridized carbons (Fsp3) is 0.364. The summed E-state index contributed by atoms with van der Waals surface area (Å²) < 4.78 is 4.79. The Hall–Kier alpha value is -2.86. The summed E-state index contributed by atoms with van der Waals surface area (Å²) >= 11 is 0. The minimum atomic E-state index is -0.418. The van der Waals surface area contributed by atoms with Gasteiger partial charge in [-0.3, -0.25) is 9.59 Å². The topological polar surface area (TPSA) is 79.5 Å². The van der Waals surface area contributed by atoms with Crippen LogP contribution in [0, 0.1) is 0 Å². The molecule has 3 N–H and O–H groups in total. The molecule has 2 amide bonds. The number of carbonyl (C=O) groups is 2. The first-order valence-corrected chi connectivity index (χ1v) is 9.49. The van der Waals surface area contributed by atoms with Gasteiger partial charge in [0.05, 0.1) is 0 Å². The number of nitrogens with one attached hydrogen (secondary N) is 3.